The van der Waals surface area contributed by atoms with Crippen molar-refractivity contribution in [2.75, 3.05) is 6.54 Å². The van der Waals surface area contributed by atoms with E-state index in [0.717, 1.165) is 23.1 Å². The van der Waals surface area contributed by atoms with E-state index in [1.807, 2.05) is 23.1 Å². The number of aromatic amines is 1. The molecule has 0 aliphatic carbocycles. The minimum atomic E-state index is -3.33. The summed E-state index contributed by atoms with van der Waals surface area (Å²) in [6.45, 7) is 4.54. The number of hydrogen-bond donors (Lipinski definition) is 1. The minimum Gasteiger partial charge on any atom is -0.333 e. The fourth-order valence-corrected chi connectivity index (χ4v) is 5.22. The number of benzene rings is 2. The van der Waals surface area contributed by atoms with Crippen LogP contribution in [0.3, 0.4) is 0 Å². The van der Waals surface area contributed by atoms with Crippen LogP contribution >= 0.6 is 0 Å². The second-order valence-corrected chi connectivity index (χ2v) is 11.1. The van der Waals surface area contributed by atoms with Gasteiger partial charge in [-0.1, -0.05) is 36.4 Å². The maximum atomic E-state index is 13.3. The van der Waals surface area contributed by atoms with Crippen molar-refractivity contribution in [3.05, 3.63) is 77.6 Å². The normalized spacial score (nSPS) is 14.0. The van der Waals surface area contributed by atoms with E-state index >= 15 is 0 Å². The van der Waals surface area contributed by atoms with Crippen molar-refractivity contribution in [2.45, 2.75) is 37.0 Å². The fraction of sp³-hybridized carbons (Fsp3) is 0.240. The van der Waals surface area contributed by atoms with Crippen LogP contribution in [0.4, 0.5) is 0 Å². The van der Waals surface area contributed by atoms with Crippen molar-refractivity contribution >= 4 is 26.8 Å². The molecule has 5 rings (SSSR count). The highest BCUT2D eigenvalue weighted by atomic mass is 32.2. The van der Waals surface area contributed by atoms with Gasteiger partial charge in [0.05, 0.1) is 15.5 Å². The summed E-state index contributed by atoms with van der Waals surface area (Å²) in [5, 5.41) is 7.25. The van der Waals surface area contributed by atoms with Crippen LogP contribution in [0.25, 0.3) is 22.2 Å². The first-order valence-electron chi connectivity index (χ1n) is 10.9. The molecule has 0 saturated carbocycles. The maximum absolute atomic E-state index is 13.3. The van der Waals surface area contributed by atoms with Crippen LogP contribution in [-0.4, -0.2) is 46.2 Å². The van der Waals surface area contributed by atoms with Gasteiger partial charge in [-0.25, -0.2) is 13.4 Å². The van der Waals surface area contributed by atoms with Crippen molar-refractivity contribution < 1.29 is 13.2 Å². The van der Waals surface area contributed by atoms with Crippen molar-refractivity contribution in [1.82, 2.24) is 20.1 Å². The van der Waals surface area contributed by atoms with Gasteiger partial charge in [-0.05, 0) is 55.2 Å². The topological polar surface area (TPSA) is 96.0 Å². The molecule has 0 unspecified atom stereocenters. The molecule has 2 aromatic heterocycles. The van der Waals surface area contributed by atoms with E-state index in [2.05, 4.69) is 27.3 Å². The van der Waals surface area contributed by atoms with Gasteiger partial charge in [0, 0.05) is 24.8 Å². The smallest absolute Gasteiger partial charge is 0.272 e. The van der Waals surface area contributed by atoms with Crippen molar-refractivity contribution in [3.63, 3.8) is 0 Å². The van der Waals surface area contributed by atoms with Gasteiger partial charge >= 0.3 is 0 Å². The summed E-state index contributed by atoms with van der Waals surface area (Å²) in [5.41, 5.74) is 4.93. The molecular weight excluding hydrogens is 436 g/mol. The summed E-state index contributed by atoms with van der Waals surface area (Å²) in [5.74, 6) is -0.107. The third kappa shape index (κ3) is 3.80. The Hall–Kier alpha value is -3.52. The zero-order chi connectivity index (χ0) is 23.2. The Kier molecular flexibility index (Phi) is 5.25. The fourth-order valence-electron chi connectivity index (χ4n) is 4.16. The Labute approximate surface area is 192 Å². The summed E-state index contributed by atoms with van der Waals surface area (Å²) in [6, 6.07) is 16.8. The number of sulfone groups is 1. The highest BCUT2D eigenvalue weighted by molar-refractivity contribution is 7.92. The number of rotatable bonds is 4. The Morgan fingerprint density at radius 2 is 1.76 bits per heavy atom. The molecular formula is C25H24N4O3S. The standard InChI is InChI=1S/C25H24N4O3S/c1-16(2)33(31,32)21-9-7-18(8-10-21)20-13-22-23(27-28-24(22)26-14-20)25(30)29-12-11-17-5-3-4-6-19(17)15-29/h3-10,13-14,16H,11-12,15H2,1-2H3,(H,26,27,28). The second kappa shape index (κ2) is 8.12. The number of carbonyl (C=O) groups is 1. The van der Waals surface area contributed by atoms with E-state index in [4.69, 9.17) is 0 Å². The van der Waals surface area contributed by atoms with Crippen molar-refractivity contribution in [3.8, 4) is 11.1 Å². The summed E-state index contributed by atoms with van der Waals surface area (Å²) < 4.78 is 24.8. The first-order valence-corrected chi connectivity index (χ1v) is 12.4. The van der Waals surface area contributed by atoms with Gasteiger partial charge in [0.25, 0.3) is 5.91 Å². The van der Waals surface area contributed by atoms with E-state index in [0.29, 0.717) is 34.7 Å². The highest BCUT2D eigenvalue weighted by Crippen LogP contribution is 2.27. The molecule has 0 fully saturated rings. The number of amides is 1. The van der Waals surface area contributed by atoms with Gasteiger partial charge in [-0.3, -0.25) is 9.89 Å². The maximum Gasteiger partial charge on any atom is 0.272 e. The van der Waals surface area contributed by atoms with Gasteiger partial charge < -0.3 is 4.90 Å². The minimum absolute atomic E-state index is 0.107. The number of pyridine rings is 1. The van der Waals surface area contributed by atoms with Gasteiger partial charge in [-0.15, -0.1) is 0 Å². The van der Waals surface area contributed by atoms with Crippen LogP contribution < -0.4 is 0 Å². The van der Waals surface area contributed by atoms with Crippen LogP contribution in [0.5, 0.6) is 0 Å². The predicted molar refractivity (Wildman–Crippen MR) is 127 cm³/mol. The van der Waals surface area contributed by atoms with Gasteiger partial charge in [-0.2, -0.15) is 5.10 Å². The molecule has 8 heteroatoms. The van der Waals surface area contributed by atoms with E-state index in [9.17, 15) is 13.2 Å². The first kappa shape index (κ1) is 21.3. The van der Waals surface area contributed by atoms with Crippen LogP contribution in [0, 0.1) is 0 Å². The zero-order valence-corrected chi connectivity index (χ0v) is 19.3. The molecule has 1 amide bonds. The average Bonchev–Trinajstić information content (AvgIpc) is 3.26. The van der Waals surface area contributed by atoms with E-state index in [1.54, 1.807) is 44.3 Å². The lowest BCUT2D eigenvalue weighted by Crippen LogP contribution is -2.36. The Bertz CT molecular complexity index is 1460. The quantitative estimate of drug-likeness (QED) is 0.497. The number of nitrogens with zero attached hydrogens (tertiary/aromatic N) is 3. The molecule has 0 saturated heterocycles. The van der Waals surface area contributed by atoms with Crippen LogP contribution in [0.1, 0.15) is 35.5 Å². The molecule has 4 aromatic rings. The molecule has 0 spiro atoms. The molecule has 0 atom stereocenters. The average molecular weight is 461 g/mol. The lowest BCUT2D eigenvalue weighted by Gasteiger charge is -2.28. The molecule has 0 bridgehead atoms. The summed E-state index contributed by atoms with van der Waals surface area (Å²) in [4.78, 5) is 19.8. The first-order chi connectivity index (χ1) is 15.8. The molecule has 33 heavy (non-hydrogen) atoms. The monoisotopic (exact) mass is 460 g/mol. The van der Waals surface area contributed by atoms with E-state index in [1.165, 1.54) is 5.56 Å². The number of H-pyrrole nitrogens is 1. The lowest BCUT2D eigenvalue weighted by atomic mass is 9.99. The number of aromatic nitrogens is 3. The van der Waals surface area contributed by atoms with E-state index in [-0.39, 0.29) is 5.91 Å². The lowest BCUT2D eigenvalue weighted by molar-refractivity contribution is 0.0730. The SMILES string of the molecule is CC(C)S(=O)(=O)c1ccc(-c2cnc3n[nH]c(C(=O)N4CCc5ccccc5C4)c3c2)cc1. The molecule has 1 N–H and O–H groups in total. The third-order valence-electron chi connectivity index (χ3n) is 6.18. The molecule has 7 nitrogen and oxygen atoms in total. The number of nitrogens with one attached hydrogen (secondary N) is 1. The number of fused-ring (bicyclic) bond motifs is 2. The molecule has 0 radical (unpaired) electrons. The summed E-state index contributed by atoms with van der Waals surface area (Å²) in [7, 11) is -3.33. The van der Waals surface area contributed by atoms with Crippen molar-refractivity contribution in [1.29, 1.82) is 0 Å². The molecule has 1 aliphatic rings. The van der Waals surface area contributed by atoms with Gasteiger partial charge in [0.15, 0.2) is 15.5 Å². The largest absolute Gasteiger partial charge is 0.333 e. The predicted octanol–water partition coefficient (Wildman–Crippen LogP) is 4.01. The van der Waals surface area contributed by atoms with Crippen molar-refractivity contribution in [2.24, 2.45) is 0 Å². The number of carbonyl (C=O) groups excluding carboxylic acids is 1. The molecule has 1 aliphatic heterocycles. The Morgan fingerprint density at radius 1 is 1.03 bits per heavy atom. The molecule has 3 heterocycles. The Morgan fingerprint density at radius 3 is 2.48 bits per heavy atom. The van der Waals surface area contributed by atoms with Crippen LogP contribution in [-0.2, 0) is 22.8 Å². The van der Waals surface area contributed by atoms with Gasteiger partial charge in [0.2, 0.25) is 0 Å². The second-order valence-electron chi connectivity index (χ2n) is 8.56. The number of hydrogen-bond acceptors (Lipinski definition) is 5. The Balaban J connectivity index is 1.46. The molecule has 2 aromatic carbocycles. The summed E-state index contributed by atoms with van der Waals surface area (Å²) >= 11 is 0. The molecule has 168 valence electrons. The summed E-state index contributed by atoms with van der Waals surface area (Å²) in [6.07, 6.45) is 2.50. The van der Waals surface area contributed by atoms with Gasteiger partial charge in [0.1, 0.15) is 5.69 Å². The van der Waals surface area contributed by atoms with Crippen LogP contribution in [0.2, 0.25) is 0 Å². The third-order valence-corrected chi connectivity index (χ3v) is 8.35. The van der Waals surface area contributed by atoms with E-state index < -0.39 is 15.1 Å². The zero-order valence-electron chi connectivity index (χ0n) is 18.4. The van der Waals surface area contributed by atoms with Crippen LogP contribution in [0.15, 0.2) is 65.7 Å². The highest BCUT2D eigenvalue weighted by Gasteiger charge is 2.25.